The van der Waals surface area contributed by atoms with Crippen LogP contribution in [0.2, 0.25) is 5.02 Å². The number of hydrogen-bond acceptors (Lipinski definition) is 5. The molecular weight excluding hydrogens is 372 g/mol. The summed E-state index contributed by atoms with van der Waals surface area (Å²) in [5, 5.41) is 3.27. The molecule has 2 N–H and O–H groups in total. The molecule has 0 saturated carbocycles. The number of amides is 1. The van der Waals surface area contributed by atoms with E-state index >= 15 is 0 Å². The summed E-state index contributed by atoms with van der Waals surface area (Å²) in [4.78, 5) is 27.4. The van der Waals surface area contributed by atoms with Gasteiger partial charge in [0.2, 0.25) is 0 Å². The van der Waals surface area contributed by atoms with Crippen LogP contribution >= 0.6 is 11.6 Å². The fraction of sp³-hybridized carbons (Fsp3) is 0.368. The first-order valence-corrected chi connectivity index (χ1v) is 8.93. The highest BCUT2D eigenvalue weighted by Crippen LogP contribution is 2.38. The lowest BCUT2D eigenvalue weighted by Gasteiger charge is -2.12. The molecule has 0 saturated heterocycles. The highest BCUT2D eigenvalue weighted by Gasteiger charge is 2.22. The normalized spacial score (nSPS) is 13.0. The number of H-pyrrole nitrogens is 1. The molecule has 0 unspecified atom stereocenters. The zero-order valence-corrected chi connectivity index (χ0v) is 16.2. The fourth-order valence-corrected chi connectivity index (χ4v) is 3.33. The average molecular weight is 393 g/mol. The maximum absolute atomic E-state index is 12.6. The molecule has 27 heavy (non-hydrogen) atoms. The van der Waals surface area contributed by atoms with Gasteiger partial charge in [-0.05, 0) is 37.1 Å². The molecule has 1 aromatic heterocycles. The number of carbonyl (C=O) groups is 2. The summed E-state index contributed by atoms with van der Waals surface area (Å²) in [6, 6.07) is 3.54. The maximum atomic E-state index is 12.6. The van der Waals surface area contributed by atoms with E-state index < -0.39 is 5.97 Å². The average Bonchev–Trinajstić information content (AvgIpc) is 2.81. The summed E-state index contributed by atoms with van der Waals surface area (Å²) < 4.78 is 16.0. The Morgan fingerprint density at radius 2 is 2.00 bits per heavy atom. The SMILES string of the molecule is COC(=O)c1c(C)[nH]c(C(=O)NCc2cc(Cl)c3c(c2)OCCCO3)c1C. The van der Waals surface area contributed by atoms with Gasteiger partial charge in [-0.1, -0.05) is 11.6 Å². The topological polar surface area (TPSA) is 89.7 Å². The monoisotopic (exact) mass is 392 g/mol. The Morgan fingerprint density at radius 3 is 2.74 bits per heavy atom. The lowest BCUT2D eigenvalue weighted by molar-refractivity contribution is 0.0599. The van der Waals surface area contributed by atoms with Crippen molar-refractivity contribution in [3.63, 3.8) is 0 Å². The predicted octanol–water partition coefficient (Wildman–Crippen LogP) is 3.16. The van der Waals surface area contributed by atoms with Crippen LogP contribution in [-0.2, 0) is 11.3 Å². The molecule has 0 bridgehead atoms. The largest absolute Gasteiger partial charge is 0.489 e. The van der Waals surface area contributed by atoms with Gasteiger partial charge in [0.05, 0.1) is 30.9 Å². The number of nitrogens with one attached hydrogen (secondary N) is 2. The van der Waals surface area contributed by atoms with Crippen LogP contribution in [0.3, 0.4) is 0 Å². The number of esters is 1. The molecule has 1 aliphatic heterocycles. The van der Waals surface area contributed by atoms with Gasteiger partial charge >= 0.3 is 5.97 Å². The van der Waals surface area contributed by atoms with Gasteiger partial charge in [-0.3, -0.25) is 4.79 Å². The molecule has 2 aromatic rings. The number of methoxy groups -OCH3 is 1. The molecule has 8 heteroatoms. The number of hydrogen-bond donors (Lipinski definition) is 2. The summed E-state index contributed by atoms with van der Waals surface area (Å²) >= 11 is 6.28. The molecule has 144 valence electrons. The Labute approximate surface area is 161 Å². The van der Waals surface area contributed by atoms with Crippen LogP contribution in [-0.4, -0.2) is 37.2 Å². The highest BCUT2D eigenvalue weighted by molar-refractivity contribution is 6.32. The third kappa shape index (κ3) is 3.88. The molecule has 7 nitrogen and oxygen atoms in total. The number of ether oxygens (including phenoxy) is 3. The number of aryl methyl sites for hydroxylation is 1. The first kappa shape index (κ1) is 19.1. The van der Waals surface area contributed by atoms with Gasteiger partial charge in [-0.25, -0.2) is 4.79 Å². The Hall–Kier alpha value is -2.67. The fourth-order valence-electron chi connectivity index (χ4n) is 3.04. The molecule has 1 amide bonds. The van der Waals surface area contributed by atoms with E-state index in [1.165, 1.54) is 7.11 Å². The van der Waals surface area contributed by atoms with Crippen molar-refractivity contribution in [1.82, 2.24) is 10.3 Å². The van der Waals surface area contributed by atoms with Crippen LogP contribution in [0.4, 0.5) is 0 Å². The van der Waals surface area contributed by atoms with Crippen molar-refractivity contribution in [3.05, 3.63) is 45.2 Å². The lowest BCUT2D eigenvalue weighted by Crippen LogP contribution is -2.24. The number of benzene rings is 1. The van der Waals surface area contributed by atoms with Crippen molar-refractivity contribution < 1.29 is 23.8 Å². The third-order valence-corrected chi connectivity index (χ3v) is 4.65. The van der Waals surface area contributed by atoms with Gasteiger partial charge in [-0.15, -0.1) is 0 Å². The Kier molecular flexibility index (Phi) is 5.60. The van der Waals surface area contributed by atoms with E-state index in [4.69, 9.17) is 25.8 Å². The molecule has 1 aliphatic rings. The molecule has 0 radical (unpaired) electrons. The summed E-state index contributed by atoms with van der Waals surface area (Å²) in [5.74, 6) is 0.302. The first-order valence-electron chi connectivity index (χ1n) is 8.56. The van der Waals surface area contributed by atoms with Crippen molar-refractivity contribution in [2.24, 2.45) is 0 Å². The third-order valence-electron chi connectivity index (χ3n) is 4.37. The minimum atomic E-state index is -0.477. The second-order valence-corrected chi connectivity index (χ2v) is 6.66. The van der Waals surface area contributed by atoms with Gasteiger partial charge in [0.25, 0.3) is 5.91 Å². The lowest BCUT2D eigenvalue weighted by atomic mass is 10.1. The van der Waals surface area contributed by atoms with Crippen LogP contribution in [0.5, 0.6) is 11.5 Å². The summed E-state index contributed by atoms with van der Waals surface area (Å²) in [7, 11) is 1.31. The van der Waals surface area contributed by atoms with Gasteiger partial charge < -0.3 is 24.5 Å². The standard InChI is InChI=1S/C19H21ClN2O5/c1-10-15(19(24)25-3)11(2)22-16(10)18(23)21-9-12-7-13(20)17-14(8-12)26-5-4-6-27-17/h7-8,22H,4-6,9H2,1-3H3,(H,21,23). The molecular formula is C19H21ClN2O5. The maximum Gasteiger partial charge on any atom is 0.339 e. The van der Waals surface area contributed by atoms with E-state index in [1.807, 2.05) is 0 Å². The van der Waals surface area contributed by atoms with Crippen molar-refractivity contribution >= 4 is 23.5 Å². The van der Waals surface area contributed by atoms with Crippen LogP contribution < -0.4 is 14.8 Å². The number of carbonyl (C=O) groups excluding carboxylic acids is 2. The zero-order valence-electron chi connectivity index (χ0n) is 15.4. The zero-order chi connectivity index (χ0) is 19.6. The van der Waals surface area contributed by atoms with E-state index in [9.17, 15) is 9.59 Å². The number of rotatable bonds is 4. The van der Waals surface area contributed by atoms with E-state index in [1.54, 1.807) is 26.0 Å². The molecule has 0 atom stereocenters. The van der Waals surface area contributed by atoms with Gasteiger partial charge in [0, 0.05) is 18.7 Å². The predicted molar refractivity (Wildman–Crippen MR) is 99.8 cm³/mol. The molecule has 1 aromatic carbocycles. The van der Waals surface area contributed by atoms with E-state index in [-0.39, 0.29) is 12.5 Å². The molecule has 0 aliphatic carbocycles. The van der Waals surface area contributed by atoms with Crippen molar-refractivity contribution in [3.8, 4) is 11.5 Å². The van der Waals surface area contributed by atoms with Crippen LogP contribution in [0.15, 0.2) is 12.1 Å². The van der Waals surface area contributed by atoms with Crippen LogP contribution in [0, 0.1) is 13.8 Å². The van der Waals surface area contributed by atoms with Crippen molar-refractivity contribution in [1.29, 1.82) is 0 Å². The minimum Gasteiger partial charge on any atom is -0.489 e. The molecule has 3 rings (SSSR count). The Morgan fingerprint density at radius 1 is 1.26 bits per heavy atom. The number of aromatic nitrogens is 1. The second kappa shape index (κ2) is 7.92. The summed E-state index contributed by atoms with van der Waals surface area (Å²) in [6.45, 7) is 4.78. The van der Waals surface area contributed by atoms with E-state index in [0.717, 1.165) is 12.0 Å². The van der Waals surface area contributed by atoms with Gasteiger partial charge in [-0.2, -0.15) is 0 Å². The number of aromatic amines is 1. The van der Waals surface area contributed by atoms with Crippen LogP contribution in [0.25, 0.3) is 0 Å². The van der Waals surface area contributed by atoms with Gasteiger partial charge in [0.1, 0.15) is 5.69 Å². The number of halogens is 1. The molecule has 2 heterocycles. The van der Waals surface area contributed by atoms with Crippen molar-refractivity contribution in [2.45, 2.75) is 26.8 Å². The Bertz CT molecular complexity index is 891. The summed E-state index contributed by atoms with van der Waals surface area (Å²) in [6.07, 6.45) is 0.783. The van der Waals surface area contributed by atoms with Crippen LogP contribution in [0.1, 0.15) is 44.1 Å². The second-order valence-electron chi connectivity index (χ2n) is 6.25. The van der Waals surface area contributed by atoms with E-state index in [0.29, 0.717) is 52.3 Å². The molecule has 0 spiro atoms. The van der Waals surface area contributed by atoms with Crippen molar-refractivity contribution in [2.75, 3.05) is 20.3 Å². The summed E-state index contributed by atoms with van der Waals surface area (Å²) in [5.41, 5.74) is 2.62. The smallest absolute Gasteiger partial charge is 0.339 e. The number of fused-ring (bicyclic) bond motifs is 1. The minimum absolute atomic E-state index is 0.250. The Balaban J connectivity index is 1.76. The highest BCUT2D eigenvalue weighted by atomic mass is 35.5. The first-order chi connectivity index (χ1) is 12.9. The van der Waals surface area contributed by atoms with E-state index in [2.05, 4.69) is 10.3 Å². The quantitative estimate of drug-likeness (QED) is 0.780. The van der Waals surface area contributed by atoms with Gasteiger partial charge in [0.15, 0.2) is 11.5 Å². The molecule has 0 fully saturated rings.